The minimum absolute atomic E-state index is 0.203. The van der Waals surface area contributed by atoms with E-state index in [-0.39, 0.29) is 29.2 Å². The zero-order valence-electron chi connectivity index (χ0n) is 21.7. The number of hydrogen-bond donors (Lipinski definition) is 2. The Morgan fingerprint density at radius 1 is 0.975 bits per heavy atom. The number of para-hydroxylation sites is 1. The summed E-state index contributed by atoms with van der Waals surface area (Å²) in [5.74, 6) is -1.67. The van der Waals surface area contributed by atoms with E-state index in [4.69, 9.17) is 4.74 Å². The van der Waals surface area contributed by atoms with Gasteiger partial charge >= 0.3 is 4.87 Å². The second-order valence-electron chi connectivity index (χ2n) is 9.82. The second-order valence-corrected chi connectivity index (χ2v) is 12.0. The number of nitrogens with one attached hydrogen (secondary N) is 2. The molecule has 4 aromatic rings. The second kappa shape index (κ2) is 10.4. The van der Waals surface area contributed by atoms with Crippen molar-refractivity contribution in [2.45, 2.75) is 30.0 Å². The minimum Gasteiger partial charge on any atom is -0.484 e. The number of anilines is 2. The van der Waals surface area contributed by atoms with Gasteiger partial charge in [-0.15, -0.1) is 0 Å². The minimum atomic E-state index is -0.697. The van der Waals surface area contributed by atoms with Crippen molar-refractivity contribution in [2.75, 3.05) is 16.8 Å². The monoisotopic (exact) mass is 571 g/mol. The van der Waals surface area contributed by atoms with Crippen LogP contribution in [0.4, 0.5) is 11.4 Å². The quantitative estimate of drug-likeness (QED) is 0.320. The van der Waals surface area contributed by atoms with E-state index in [1.807, 2.05) is 56.3 Å². The lowest BCUT2D eigenvalue weighted by molar-refractivity contribution is -0.122. The number of thiazole rings is 1. The molecule has 0 saturated carbocycles. The average molecular weight is 572 g/mol. The number of aryl methyl sites for hydroxylation is 2. The van der Waals surface area contributed by atoms with E-state index in [0.717, 1.165) is 32.9 Å². The molecule has 3 unspecified atom stereocenters. The topological polar surface area (TPSA) is 109 Å². The zero-order chi connectivity index (χ0) is 28.0. The summed E-state index contributed by atoms with van der Waals surface area (Å²) in [5.41, 5.74) is 3.95. The van der Waals surface area contributed by atoms with Gasteiger partial charge in [-0.05, 0) is 55.3 Å². The first-order valence-corrected chi connectivity index (χ1v) is 14.4. The Morgan fingerprint density at radius 2 is 1.75 bits per heavy atom. The number of amides is 3. The number of rotatable bonds is 6. The molecular weight excluding hydrogens is 546 g/mol. The number of carbonyl (C=O) groups excluding carboxylic acids is 3. The highest BCUT2D eigenvalue weighted by atomic mass is 32.2. The predicted molar refractivity (Wildman–Crippen MR) is 155 cm³/mol. The molecule has 0 radical (unpaired) electrons. The Balaban J connectivity index is 1.29. The van der Waals surface area contributed by atoms with E-state index in [0.29, 0.717) is 22.2 Å². The van der Waals surface area contributed by atoms with Crippen molar-refractivity contribution >= 4 is 52.2 Å². The Hall–Kier alpha value is -4.15. The number of thioether (sulfide) groups is 1. The van der Waals surface area contributed by atoms with Crippen molar-refractivity contribution in [3.63, 3.8) is 0 Å². The standard InChI is InChI=1S/C30H25N3O5S2/c1-16-10-12-19(13-11-16)33-28(35)24-23(25-27(32-30(37)40-25)39-26(24)29(33)36)18-7-5-8-20(14-18)38-15-22(34)31-21-9-4-3-6-17(21)2/h3-14,23-24,26H,15H2,1-2H3,(H,31,34)(H,32,37). The summed E-state index contributed by atoms with van der Waals surface area (Å²) in [6, 6.07) is 21.9. The van der Waals surface area contributed by atoms with Crippen molar-refractivity contribution in [1.82, 2.24) is 4.98 Å². The van der Waals surface area contributed by atoms with E-state index in [1.165, 1.54) is 16.7 Å². The summed E-state index contributed by atoms with van der Waals surface area (Å²) in [6.07, 6.45) is 0. The lowest BCUT2D eigenvalue weighted by atomic mass is 9.83. The van der Waals surface area contributed by atoms with Crippen LogP contribution in [-0.4, -0.2) is 34.6 Å². The van der Waals surface area contributed by atoms with Gasteiger partial charge in [-0.1, -0.05) is 71.1 Å². The molecule has 6 rings (SSSR count). The van der Waals surface area contributed by atoms with Gasteiger partial charge in [0.1, 0.15) is 11.0 Å². The summed E-state index contributed by atoms with van der Waals surface area (Å²) < 4.78 is 5.82. The van der Waals surface area contributed by atoms with Crippen molar-refractivity contribution < 1.29 is 19.1 Å². The number of imide groups is 1. The van der Waals surface area contributed by atoms with E-state index in [1.54, 1.807) is 30.3 Å². The number of aromatic amines is 1. The number of aromatic nitrogens is 1. The predicted octanol–water partition coefficient (Wildman–Crippen LogP) is 4.87. The molecule has 10 heteroatoms. The van der Waals surface area contributed by atoms with Crippen LogP contribution in [0.5, 0.6) is 5.75 Å². The molecule has 2 aliphatic rings. The Labute approximate surface area is 238 Å². The van der Waals surface area contributed by atoms with Gasteiger partial charge in [0.25, 0.3) is 5.91 Å². The van der Waals surface area contributed by atoms with Gasteiger partial charge in [0, 0.05) is 16.5 Å². The fourth-order valence-corrected chi connectivity index (χ4v) is 7.69. The maximum Gasteiger partial charge on any atom is 0.305 e. The SMILES string of the molecule is Cc1ccc(N2C(=O)C3Sc4[nH]c(=O)sc4C(c4cccc(OCC(=O)Nc5ccccc5C)c4)C3C2=O)cc1. The number of carbonyl (C=O) groups is 3. The van der Waals surface area contributed by atoms with Gasteiger partial charge in [0.05, 0.1) is 16.6 Å². The summed E-state index contributed by atoms with van der Waals surface area (Å²) in [6.45, 7) is 3.65. The number of H-pyrrole nitrogens is 1. The fraction of sp³-hybridized carbons (Fsp3) is 0.200. The number of hydrogen-bond acceptors (Lipinski definition) is 7. The van der Waals surface area contributed by atoms with Crippen LogP contribution in [0.1, 0.15) is 27.5 Å². The lowest BCUT2D eigenvalue weighted by Crippen LogP contribution is -2.32. The van der Waals surface area contributed by atoms with E-state index >= 15 is 0 Å². The number of fused-ring (bicyclic) bond motifs is 2. The van der Waals surface area contributed by atoms with Gasteiger partial charge in [-0.25, -0.2) is 4.90 Å². The van der Waals surface area contributed by atoms with Gasteiger partial charge in [0.15, 0.2) is 6.61 Å². The molecule has 1 saturated heterocycles. The number of nitrogens with zero attached hydrogens (tertiary/aromatic N) is 1. The van der Waals surface area contributed by atoms with Crippen molar-refractivity contribution in [3.8, 4) is 5.75 Å². The van der Waals surface area contributed by atoms with Crippen LogP contribution in [0.3, 0.4) is 0 Å². The normalized spacial score (nSPS) is 19.8. The van der Waals surface area contributed by atoms with Crippen molar-refractivity contribution in [3.05, 3.63) is 104 Å². The van der Waals surface area contributed by atoms with Crippen LogP contribution in [-0.2, 0) is 14.4 Å². The smallest absolute Gasteiger partial charge is 0.305 e. The molecule has 202 valence electrons. The number of benzene rings is 3. The highest BCUT2D eigenvalue weighted by Gasteiger charge is 2.56. The molecule has 1 fully saturated rings. The van der Waals surface area contributed by atoms with Crippen LogP contribution in [0.2, 0.25) is 0 Å². The first kappa shape index (κ1) is 26.1. The van der Waals surface area contributed by atoms with Crippen LogP contribution in [0.25, 0.3) is 0 Å². The summed E-state index contributed by atoms with van der Waals surface area (Å²) >= 11 is 2.29. The van der Waals surface area contributed by atoms with Crippen LogP contribution < -0.4 is 19.8 Å². The number of ether oxygens (including phenoxy) is 1. The third kappa shape index (κ3) is 4.73. The molecule has 40 heavy (non-hydrogen) atoms. The van der Waals surface area contributed by atoms with Gasteiger partial charge in [-0.2, -0.15) is 0 Å². The molecule has 0 spiro atoms. The van der Waals surface area contributed by atoms with Crippen LogP contribution >= 0.6 is 23.1 Å². The Kier molecular flexibility index (Phi) is 6.81. The zero-order valence-corrected chi connectivity index (χ0v) is 23.3. The van der Waals surface area contributed by atoms with Crippen molar-refractivity contribution in [1.29, 1.82) is 0 Å². The molecule has 3 amide bonds. The molecule has 3 aromatic carbocycles. The van der Waals surface area contributed by atoms with E-state index in [2.05, 4.69) is 10.3 Å². The molecular formula is C30H25N3O5S2. The van der Waals surface area contributed by atoms with Gasteiger partial charge in [0.2, 0.25) is 11.8 Å². The molecule has 3 heterocycles. The van der Waals surface area contributed by atoms with E-state index < -0.39 is 17.1 Å². The van der Waals surface area contributed by atoms with Crippen LogP contribution in [0, 0.1) is 19.8 Å². The van der Waals surface area contributed by atoms with Gasteiger partial charge < -0.3 is 15.0 Å². The molecule has 3 atom stereocenters. The molecule has 0 bridgehead atoms. The van der Waals surface area contributed by atoms with E-state index in [9.17, 15) is 19.2 Å². The van der Waals surface area contributed by atoms with Crippen molar-refractivity contribution in [2.24, 2.45) is 5.92 Å². The highest BCUT2D eigenvalue weighted by molar-refractivity contribution is 8.00. The first-order chi connectivity index (χ1) is 19.3. The molecule has 2 N–H and O–H groups in total. The van der Waals surface area contributed by atoms with Gasteiger partial charge in [-0.3, -0.25) is 19.2 Å². The molecule has 8 nitrogen and oxygen atoms in total. The first-order valence-electron chi connectivity index (χ1n) is 12.7. The Bertz CT molecular complexity index is 1690. The molecule has 2 aliphatic heterocycles. The molecule has 1 aromatic heterocycles. The summed E-state index contributed by atoms with van der Waals surface area (Å²) in [4.78, 5) is 56.9. The third-order valence-electron chi connectivity index (χ3n) is 7.12. The van der Waals surface area contributed by atoms with Crippen LogP contribution in [0.15, 0.2) is 82.6 Å². The summed E-state index contributed by atoms with van der Waals surface area (Å²) in [7, 11) is 0. The third-order valence-corrected chi connectivity index (χ3v) is 9.52. The molecule has 0 aliphatic carbocycles. The lowest BCUT2D eigenvalue weighted by Gasteiger charge is -2.30. The largest absolute Gasteiger partial charge is 0.484 e. The highest BCUT2D eigenvalue weighted by Crippen LogP contribution is 2.53. The Morgan fingerprint density at radius 3 is 2.52 bits per heavy atom. The maximum atomic E-state index is 13.9. The average Bonchev–Trinajstić information content (AvgIpc) is 3.43. The maximum absolute atomic E-state index is 13.9. The summed E-state index contributed by atoms with van der Waals surface area (Å²) in [5, 5.41) is 2.78. The fourth-order valence-electron chi connectivity index (χ4n) is 5.17.